The number of aliphatic hydroxyl groups excluding tert-OH is 2. The fraction of sp³-hybridized carbons (Fsp3) is 0.607. The Morgan fingerprint density at radius 1 is 1.19 bits per heavy atom. The molecule has 1 aromatic heterocycles. The van der Waals surface area contributed by atoms with Crippen LogP contribution in [0.4, 0.5) is 10.2 Å². The van der Waals surface area contributed by atoms with Gasteiger partial charge in [0.15, 0.2) is 11.5 Å². The number of ether oxygens (including phenoxy) is 1. The maximum atomic E-state index is 17.1. The Balaban J connectivity index is 1.30. The van der Waals surface area contributed by atoms with Gasteiger partial charge in [0.2, 0.25) is 0 Å². The Bertz CT molecular complexity index is 1340. The minimum atomic E-state index is -1.67. The summed E-state index contributed by atoms with van der Waals surface area (Å²) >= 11 is 0. The molecule has 1 saturated heterocycles. The first-order chi connectivity index (χ1) is 17.0. The lowest BCUT2D eigenvalue weighted by molar-refractivity contribution is -0.239. The van der Waals surface area contributed by atoms with Crippen molar-refractivity contribution in [1.82, 2.24) is 15.1 Å². The van der Waals surface area contributed by atoms with Crippen LogP contribution in [0.15, 0.2) is 35.9 Å². The highest BCUT2D eigenvalue weighted by atomic mass is 19.1. The summed E-state index contributed by atoms with van der Waals surface area (Å²) in [6.07, 6.45) is 5.47. The zero-order chi connectivity index (χ0) is 25.3. The number of fused-ring (bicyclic) bond motifs is 2. The predicted molar refractivity (Wildman–Crippen MR) is 136 cm³/mol. The van der Waals surface area contributed by atoms with Crippen LogP contribution in [0.2, 0.25) is 0 Å². The molecule has 5 N–H and O–H groups in total. The van der Waals surface area contributed by atoms with E-state index < -0.39 is 29.1 Å². The van der Waals surface area contributed by atoms with E-state index in [1.54, 1.807) is 6.08 Å². The molecule has 5 aliphatic rings. The summed E-state index contributed by atoms with van der Waals surface area (Å²) in [7, 11) is 3.82. The maximum absolute atomic E-state index is 17.1. The second-order valence-electron chi connectivity index (χ2n) is 12.3. The topological polar surface area (TPSA) is 108 Å². The van der Waals surface area contributed by atoms with Gasteiger partial charge in [-0.3, -0.25) is 5.10 Å². The molecule has 3 fully saturated rings. The standard InChI is InChI=1S/C28H35FN4O3/c1-25-8-10-27(29)13-18-22(34)23(35)20(33(2)3)14-26(18)9-11-28(27,36-26)21(25)7-5-17(25)15-4-6-19-16(12-15)24(30)32-31-19/h4-6,12-13,20-23,34-35H,7-11,14H2,1-3H3,(H3,30,31,32)/t20-,21?,22+,23+,25+,26+,27?,28-/m0/s1. The molecule has 2 unspecified atom stereocenters. The Labute approximate surface area is 210 Å². The number of hydrogen-bond donors (Lipinski definition) is 4. The lowest BCUT2D eigenvalue weighted by Crippen LogP contribution is -2.68. The van der Waals surface area contributed by atoms with E-state index in [1.807, 2.05) is 25.1 Å². The van der Waals surface area contributed by atoms with Gasteiger partial charge < -0.3 is 25.6 Å². The van der Waals surface area contributed by atoms with Crippen LogP contribution in [0.5, 0.6) is 0 Å². The first-order valence-corrected chi connectivity index (χ1v) is 13.1. The van der Waals surface area contributed by atoms with Crippen LogP contribution in [0.25, 0.3) is 16.5 Å². The number of anilines is 1. The van der Waals surface area contributed by atoms with Gasteiger partial charge in [0.25, 0.3) is 0 Å². The second kappa shape index (κ2) is 6.98. The zero-order valence-corrected chi connectivity index (χ0v) is 21.1. The Kier molecular flexibility index (Phi) is 4.44. The molecule has 8 atom stereocenters. The van der Waals surface area contributed by atoms with Crippen LogP contribution in [0.3, 0.4) is 0 Å². The van der Waals surface area contributed by atoms with Crippen LogP contribution >= 0.6 is 0 Å². The monoisotopic (exact) mass is 494 g/mol. The van der Waals surface area contributed by atoms with Gasteiger partial charge in [0, 0.05) is 17.3 Å². The van der Waals surface area contributed by atoms with E-state index >= 15 is 4.39 Å². The van der Waals surface area contributed by atoms with Gasteiger partial charge in [0.1, 0.15) is 11.7 Å². The Hall–Kier alpha value is -2.26. The molecular weight excluding hydrogens is 459 g/mol. The van der Waals surface area contributed by atoms with E-state index in [1.165, 1.54) is 5.57 Å². The van der Waals surface area contributed by atoms with Crippen molar-refractivity contribution in [2.24, 2.45) is 11.3 Å². The van der Waals surface area contributed by atoms with Gasteiger partial charge in [-0.2, -0.15) is 5.10 Å². The molecule has 2 saturated carbocycles. The molecule has 2 spiro atoms. The van der Waals surface area contributed by atoms with Crippen molar-refractivity contribution in [3.63, 3.8) is 0 Å². The Morgan fingerprint density at radius 2 is 2.00 bits per heavy atom. The SMILES string of the molecule is CN(C)[C@H]1C[C@@]23CC[C@]4(O2)C2CC=C(c5ccc6[nH]nc(N)c6c5)[C@@]2(C)CCC4(F)C=C3[C@@H](O)[C@@H]1O. The summed E-state index contributed by atoms with van der Waals surface area (Å²) in [5.74, 6) is 0.465. The summed E-state index contributed by atoms with van der Waals surface area (Å²) in [6.45, 7) is 2.27. The molecule has 192 valence electrons. The third-order valence-corrected chi connectivity index (χ3v) is 10.5. The molecule has 2 bridgehead atoms. The van der Waals surface area contributed by atoms with Crippen molar-refractivity contribution in [2.45, 2.75) is 80.6 Å². The highest BCUT2D eigenvalue weighted by Crippen LogP contribution is 2.71. The molecule has 7 nitrogen and oxygen atoms in total. The molecule has 7 rings (SSSR count). The molecule has 2 aromatic rings. The minimum Gasteiger partial charge on any atom is -0.388 e. The average Bonchev–Trinajstić information content (AvgIpc) is 3.50. The number of benzene rings is 1. The highest BCUT2D eigenvalue weighted by molar-refractivity contribution is 5.92. The van der Waals surface area contributed by atoms with E-state index in [2.05, 4.69) is 35.3 Å². The number of nitrogens with two attached hydrogens (primary N) is 1. The van der Waals surface area contributed by atoms with Gasteiger partial charge in [-0.25, -0.2) is 4.39 Å². The number of nitrogen functional groups attached to an aromatic ring is 1. The molecule has 2 aliphatic heterocycles. The second-order valence-corrected chi connectivity index (χ2v) is 12.3. The molecule has 0 amide bonds. The molecule has 36 heavy (non-hydrogen) atoms. The van der Waals surface area contributed by atoms with Gasteiger partial charge in [-0.05, 0) is 93.0 Å². The van der Waals surface area contributed by atoms with Gasteiger partial charge >= 0.3 is 0 Å². The van der Waals surface area contributed by atoms with E-state index in [9.17, 15) is 10.2 Å². The molecule has 3 aliphatic carbocycles. The molecule has 3 heterocycles. The number of aromatic amines is 1. The number of nitrogens with zero attached hydrogens (tertiary/aromatic N) is 2. The van der Waals surface area contributed by atoms with E-state index in [0.29, 0.717) is 43.5 Å². The number of aliphatic hydroxyl groups is 2. The van der Waals surface area contributed by atoms with Crippen molar-refractivity contribution < 1.29 is 19.3 Å². The molecule has 8 heteroatoms. The predicted octanol–water partition coefficient (Wildman–Crippen LogP) is 3.34. The average molecular weight is 495 g/mol. The number of likely N-dealkylation sites (N-methyl/N-ethyl adjacent to an activating group) is 1. The molecule has 1 aromatic carbocycles. The minimum absolute atomic E-state index is 0.0184. The third-order valence-electron chi connectivity index (χ3n) is 10.5. The summed E-state index contributed by atoms with van der Waals surface area (Å²) < 4.78 is 24.1. The fourth-order valence-corrected chi connectivity index (χ4v) is 8.63. The van der Waals surface area contributed by atoms with Crippen LogP contribution in [-0.2, 0) is 4.74 Å². The van der Waals surface area contributed by atoms with Crippen LogP contribution < -0.4 is 5.73 Å². The summed E-state index contributed by atoms with van der Waals surface area (Å²) in [5.41, 5.74) is 6.31. The molecular formula is C28H35FN4O3. The normalized spacial score (nSPS) is 45.3. The number of alkyl halides is 1. The van der Waals surface area contributed by atoms with Crippen molar-refractivity contribution in [1.29, 1.82) is 0 Å². The van der Waals surface area contributed by atoms with E-state index in [4.69, 9.17) is 10.5 Å². The van der Waals surface area contributed by atoms with Crippen LogP contribution in [-0.4, -0.2) is 74.5 Å². The Morgan fingerprint density at radius 3 is 2.78 bits per heavy atom. The lowest BCUT2D eigenvalue weighted by Gasteiger charge is -2.60. The number of rotatable bonds is 2. The van der Waals surface area contributed by atoms with E-state index in [-0.39, 0.29) is 17.4 Å². The van der Waals surface area contributed by atoms with Gasteiger partial charge in [0.05, 0.1) is 17.2 Å². The van der Waals surface area contributed by atoms with Gasteiger partial charge in [-0.15, -0.1) is 0 Å². The van der Waals surface area contributed by atoms with Gasteiger partial charge in [-0.1, -0.05) is 19.1 Å². The molecule has 0 radical (unpaired) electrons. The van der Waals surface area contributed by atoms with Crippen molar-refractivity contribution in [3.8, 4) is 0 Å². The first kappa shape index (κ1) is 22.9. The number of allylic oxidation sites excluding steroid dienone is 2. The van der Waals surface area contributed by atoms with Crippen LogP contribution in [0, 0.1) is 11.3 Å². The lowest BCUT2D eigenvalue weighted by atomic mass is 9.53. The van der Waals surface area contributed by atoms with Crippen molar-refractivity contribution in [3.05, 3.63) is 41.5 Å². The number of aromatic nitrogens is 2. The van der Waals surface area contributed by atoms with Crippen LogP contribution in [0.1, 0.15) is 51.0 Å². The summed E-state index contributed by atoms with van der Waals surface area (Å²) in [6, 6.07) is 5.96. The fourth-order valence-electron chi connectivity index (χ4n) is 8.63. The maximum Gasteiger partial charge on any atom is 0.158 e. The van der Waals surface area contributed by atoms with E-state index in [0.717, 1.165) is 22.9 Å². The highest BCUT2D eigenvalue weighted by Gasteiger charge is 2.74. The largest absolute Gasteiger partial charge is 0.388 e. The van der Waals surface area contributed by atoms with Crippen molar-refractivity contribution >= 4 is 22.3 Å². The number of hydrogen-bond acceptors (Lipinski definition) is 6. The third kappa shape index (κ3) is 2.58. The zero-order valence-electron chi connectivity index (χ0n) is 21.1. The summed E-state index contributed by atoms with van der Waals surface area (Å²) in [4.78, 5) is 1.95. The quantitative estimate of drug-likeness (QED) is 0.477. The first-order valence-electron chi connectivity index (χ1n) is 13.1. The smallest absolute Gasteiger partial charge is 0.158 e. The van der Waals surface area contributed by atoms with Crippen molar-refractivity contribution in [2.75, 3.05) is 19.8 Å². The number of nitrogens with one attached hydrogen (secondary N) is 1. The number of halogens is 1. The summed E-state index contributed by atoms with van der Waals surface area (Å²) in [5, 5.41) is 30.0. The number of H-pyrrole nitrogens is 1.